The average Bonchev–Trinajstić information content (AvgIpc) is 3.56. The number of nitrogen functional groups attached to an aromatic ring is 1. The molecule has 0 aliphatic carbocycles. The number of nitrogens with two attached hydrogens (primary N) is 1. The van der Waals surface area contributed by atoms with E-state index in [0.29, 0.717) is 38.6 Å². The highest BCUT2D eigenvalue weighted by atomic mass is 35.5. The predicted molar refractivity (Wildman–Crippen MR) is 175 cm³/mol. The highest BCUT2D eigenvalue weighted by molar-refractivity contribution is 6.34. The number of nitrogens with zero attached hydrogens (tertiary/aromatic N) is 3. The van der Waals surface area contributed by atoms with E-state index in [-0.39, 0.29) is 0 Å². The first-order chi connectivity index (χ1) is 22.0. The summed E-state index contributed by atoms with van der Waals surface area (Å²) in [5.74, 6) is -1.79. The van der Waals surface area contributed by atoms with E-state index in [2.05, 4.69) is 20.3 Å². The van der Waals surface area contributed by atoms with Crippen LogP contribution >= 0.6 is 23.2 Å². The van der Waals surface area contributed by atoms with Crippen LogP contribution in [-0.2, 0) is 0 Å². The number of pyridine rings is 1. The Morgan fingerprint density at radius 1 is 0.739 bits per heavy atom. The zero-order chi connectivity index (χ0) is 32.5. The fraction of sp³-hybridized carbons (Fsp3) is 0.0588. The van der Waals surface area contributed by atoms with E-state index < -0.39 is 23.1 Å². The first kappa shape index (κ1) is 30.7. The highest BCUT2D eigenvalue weighted by Crippen LogP contribution is 2.34. The van der Waals surface area contributed by atoms with Crippen LogP contribution in [0.15, 0.2) is 94.0 Å². The van der Waals surface area contributed by atoms with Crippen LogP contribution < -0.4 is 11.1 Å². The van der Waals surface area contributed by atoms with Gasteiger partial charge in [-0.05, 0) is 59.7 Å². The average molecular weight is 658 g/mol. The second-order valence-electron chi connectivity index (χ2n) is 10.2. The summed E-state index contributed by atoms with van der Waals surface area (Å²) in [5.41, 5.74) is 12.3. The molecule has 3 heterocycles. The van der Waals surface area contributed by atoms with Crippen molar-refractivity contribution in [1.29, 1.82) is 0 Å². The van der Waals surface area contributed by atoms with E-state index in [0.717, 1.165) is 51.4 Å². The van der Waals surface area contributed by atoms with Crippen molar-refractivity contribution in [3.05, 3.63) is 124 Å². The van der Waals surface area contributed by atoms with Crippen molar-refractivity contribution in [2.75, 3.05) is 11.1 Å². The molecule has 12 heteroatoms. The minimum atomic E-state index is -1.03. The van der Waals surface area contributed by atoms with Gasteiger partial charge >= 0.3 is 0 Å². The second-order valence-corrected chi connectivity index (χ2v) is 11.0. The van der Waals surface area contributed by atoms with Crippen molar-refractivity contribution in [2.24, 2.45) is 0 Å². The highest BCUT2D eigenvalue weighted by Gasteiger charge is 2.18. The first-order valence-corrected chi connectivity index (χ1v) is 14.5. The number of carbonyl (C=O) groups excluding carboxylic acids is 1. The quantitative estimate of drug-likeness (QED) is 0.181. The molecule has 7 rings (SSSR count). The minimum Gasteiger partial charge on any atom is -0.441 e. The largest absolute Gasteiger partial charge is 0.441 e. The molecular weight excluding hydrogens is 635 g/mol. The Hall–Kier alpha value is -5.32. The third kappa shape index (κ3) is 6.39. The van der Waals surface area contributed by atoms with Gasteiger partial charge in [-0.2, -0.15) is 0 Å². The molecule has 0 aliphatic heterocycles. The van der Waals surface area contributed by atoms with Gasteiger partial charge in [0.05, 0.1) is 22.4 Å². The van der Waals surface area contributed by atoms with Gasteiger partial charge in [-0.15, -0.1) is 0 Å². The number of nitrogens with one attached hydrogen (secondary N) is 1. The summed E-state index contributed by atoms with van der Waals surface area (Å²) in [6.45, 7) is 3.57. The zero-order valence-corrected chi connectivity index (χ0v) is 25.8. The molecule has 3 aromatic heterocycles. The maximum Gasteiger partial charge on any atom is 0.261 e. The third-order valence-electron chi connectivity index (χ3n) is 6.92. The van der Waals surface area contributed by atoms with E-state index in [1.807, 2.05) is 43.3 Å². The molecule has 0 unspecified atom stereocenters. The van der Waals surface area contributed by atoms with Gasteiger partial charge in [0.1, 0.15) is 16.6 Å². The van der Waals surface area contributed by atoms with Gasteiger partial charge in [0.2, 0.25) is 0 Å². The topological polar surface area (TPSA) is 120 Å². The molecule has 3 N–H and O–H groups in total. The third-order valence-corrected chi connectivity index (χ3v) is 7.55. The number of hydrogen-bond donors (Lipinski definition) is 2. The summed E-state index contributed by atoms with van der Waals surface area (Å²) in [6.07, 6.45) is 1.56. The number of aromatic nitrogens is 3. The molecule has 8 nitrogen and oxygen atoms in total. The molecule has 0 saturated heterocycles. The Bertz CT molecular complexity index is 2210. The van der Waals surface area contributed by atoms with Gasteiger partial charge in [-0.1, -0.05) is 47.5 Å². The molecule has 7 aromatic rings. The summed E-state index contributed by atoms with van der Waals surface area (Å²) in [4.78, 5) is 24.0. The van der Waals surface area contributed by atoms with Crippen molar-refractivity contribution in [1.82, 2.24) is 15.0 Å². The Kier molecular flexibility index (Phi) is 8.40. The van der Waals surface area contributed by atoms with E-state index >= 15 is 0 Å². The smallest absolute Gasteiger partial charge is 0.261 e. The van der Waals surface area contributed by atoms with Crippen LogP contribution in [0.1, 0.15) is 22.1 Å². The standard InChI is InChI=1S/C20H12ClF2N3O2.C14H11ClN2O/c1-10-25-17-7-14(21)13(6-18(17)28-10)11-2-4-12(5-3-11)26-20(27)19-15(22)8-24-9-16(19)23;1-8-17-13-7-12(15)11(6-14(13)18-8)9-2-4-10(16)5-3-9/h2-9H,1H3,(H,26,27);2-7H,16H2,1H3. The normalized spacial score (nSPS) is 11.0. The summed E-state index contributed by atoms with van der Waals surface area (Å²) in [7, 11) is 0. The molecule has 0 aliphatic rings. The van der Waals surface area contributed by atoms with Crippen LogP contribution in [0.5, 0.6) is 0 Å². The summed E-state index contributed by atoms with van der Waals surface area (Å²) >= 11 is 12.6. The van der Waals surface area contributed by atoms with Crippen LogP contribution in [0.25, 0.3) is 44.5 Å². The van der Waals surface area contributed by atoms with Gasteiger partial charge in [0, 0.05) is 36.3 Å². The van der Waals surface area contributed by atoms with Gasteiger partial charge in [0.25, 0.3) is 5.91 Å². The lowest BCUT2D eigenvalue weighted by atomic mass is 10.0. The van der Waals surface area contributed by atoms with E-state index in [1.165, 1.54) is 0 Å². The van der Waals surface area contributed by atoms with E-state index in [4.69, 9.17) is 37.8 Å². The van der Waals surface area contributed by atoms with Crippen LogP contribution in [0, 0.1) is 25.5 Å². The van der Waals surface area contributed by atoms with Crippen molar-refractivity contribution in [3.8, 4) is 22.3 Å². The number of fused-ring (bicyclic) bond motifs is 2. The number of carbonyl (C=O) groups is 1. The van der Waals surface area contributed by atoms with Gasteiger partial charge in [-0.25, -0.2) is 18.7 Å². The SMILES string of the molecule is Cc1nc2cc(Cl)c(-c3ccc(N)cc3)cc2o1.Cc1nc2cc(Cl)c(-c3ccc(NC(=O)c4c(F)cncc4F)cc3)cc2o1. The van der Waals surface area contributed by atoms with Gasteiger partial charge in [0.15, 0.2) is 34.6 Å². The Labute approximate surface area is 270 Å². The van der Waals surface area contributed by atoms with Gasteiger partial charge in [-0.3, -0.25) is 9.78 Å². The fourth-order valence-corrected chi connectivity index (χ4v) is 5.32. The molecule has 0 saturated carbocycles. The number of hydrogen-bond acceptors (Lipinski definition) is 7. The number of halogens is 4. The van der Waals surface area contributed by atoms with Crippen LogP contribution in [0.3, 0.4) is 0 Å². The summed E-state index contributed by atoms with van der Waals surface area (Å²) < 4.78 is 38.4. The molecule has 0 spiro atoms. The molecule has 230 valence electrons. The molecule has 0 fully saturated rings. The monoisotopic (exact) mass is 657 g/mol. The molecule has 0 atom stereocenters. The zero-order valence-electron chi connectivity index (χ0n) is 24.2. The number of rotatable bonds is 4. The first-order valence-electron chi connectivity index (χ1n) is 13.8. The van der Waals surface area contributed by atoms with Gasteiger partial charge < -0.3 is 19.9 Å². The number of benzene rings is 4. The molecule has 46 heavy (non-hydrogen) atoms. The maximum atomic E-state index is 13.7. The lowest BCUT2D eigenvalue weighted by Crippen LogP contribution is -2.16. The Morgan fingerprint density at radius 2 is 1.20 bits per heavy atom. The molecule has 0 radical (unpaired) electrons. The molecular formula is C34H23Cl2F2N5O3. The molecule has 1 amide bonds. The van der Waals surface area contributed by atoms with E-state index in [1.54, 1.807) is 43.3 Å². The lowest BCUT2D eigenvalue weighted by molar-refractivity contribution is 0.101. The fourth-order valence-electron chi connectivity index (χ4n) is 4.79. The van der Waals surface area contributed by atoms with Crippen molar-refractivity contribution < 1.29 is 22.4 Å². The molecule has 4 aromatic carbocycles. The lowest BCUT2D eigenvalue weighted by Gasteiger charge is -2.09. The number of amides is 1. The van der Waals surface area contributed by atoms with Crippen molar-refractivity contribution >= 4 is 62.7 Å². The van der Waals surface area contributed by atoms with Crippen molar-refractivity contribution in [2.45, 2.75) is 13.8 Å². The van der Waals surface area contributed by atoms with E-state index in [9.17, 15) is 13.6 Å². The number of aryl methyl sites for hydroxylation is 2. The van der Waals surface area contributed by atoms with Crippen LogP contribution in [-0.4, -0.2) is 20.9 Å². The number of anilines is 2. The van der Waals surface area contributed by atoms with Crippen LogP contribution in [0.4, 0.5) is 20.2 Å². The summed E-state index contributed by atoms with van der Waals surface area (Å²) in [6, 6.07) is 21.5. The second kappa shape index (κ2) is 12.6. The summed E-state index contributed by atoms with van der Waals surface area (Å²) in [5, 5.41) is 3.61. The molecule has 0 bridgehead atoms. The maximum absolute atomic E-state index is 13.7. The Balaban J connectivity index is 0.000000178. The minimum absolute atomic E-state index is 0.372. The van der Waals surface area contributed by atoms with Crippen LogP contribution in [0.2, 0.25) is 10.0 Å². The number of oxazole rings is 2. The predicted octanol–water partition coefficient (Wildman–Crippen LogP) is 9.42. The Morgan fingerprint density at radius 3 is 1.67 bits per heavy atom. The van der Waals surface area contributed by atoms with Crippen molar-refractivity contribution in [3.63, 3.8) is 0 Å².